The molecule has 1 heterocycles. The molecule has 0 radical (unpaired) electrons. The van der Waals surface area contributed by atoms with Gasteiger partial charge in [-0.15, -0.1) is 6.42 Å². The Morgan fingerprint density at radius 2 is 2.24 bits per heavy atom. The number of aromatic nitrogens is 3. The van der Waals surface area contributed by atoms with E-state index < -0.39 is 11.7 Å². The van der Waals surface area contributed by atoms with Crippen LogP contribution in [0, 0.1) is 18.2 Å². The molecule has 0 saturated heterocycles. The molecule has 0 aliphatic carbocycles. The summed E-state index contributed by atoms with van der Waals surface area (Å²) in [5.74, 6) is 0.925. The number of carbonyl (C=O) groups excluding carboxylic acids is 1. The summed E-state index contributed by atoms with van der Waals surface area (Å²) >= 11 is 0. The van der Waals surface area contributed by atoms with Crippen LogP contribution in [0.4, 0.5) is 4.39 Å². The highest BCUT2D eigenvalue weighted by Crippen LogP contribution is 2.26. The van der Waals surface area contributed by atoms with E-state index in [1.165, 1.54) is 18.2 Å². The normalized spacial score (nSPS) is 9.88. The molecule has 5 nitrogen and oxygen atoms in total. The number of nitrogens with zero attached hydrogens (tertiary/aromatic N) is 2. The molecule has 0 atom stereocenters. The van der Waals surface area contributed by atoms with Gasteiger partial charge >= 0.3 is 0 Å². The van der Waals surface area contributed by atoms with Crippen LogP contribution >= 0.6 is 0 Å². The second-order valence-electron chi connectivity index (χ2n) is 3.19. The van der Waals surface area contributed by atoms with E-state index in [-0.39, 0.29) is 22.5 Å². The molecular weight excluding hydrogens is 223 g/mol. The number of aromatic amines is 1. The van der Waals surface area contributed by atoms with Crippen molar-refractivity contribution >= 4 is 5.91 Å². The number of amides is 1. The third-order valence-corrected chi connectivity index (χ3v) is 2.19. The van der Waals surface area contributed by atoms with Crippen LogP contribution in [-0.2, 0) is 0 Å². The molecule has 1 aromatic heterocycles. The molecule has 0 spiro atoms. The van der Waals surface area contributed by atoms with Gasteiger partial charge in [-0.2, -0.15) is 15.4 Å². The Bertz CT molecular complexity index is 627. The van der Waals surface area contributed by atoms with Gasteiger partial charge < -0.3 is 5.73 Å². The first-order valence-corrected chi connectivity index (χ1v) is 4.61. The van der Waals surface area contributed by atoms with Gasteiger partial charge in [-0.3, -0.25) is 4.79 Å². The highest BCUT2D eigenvalue weighted by Gasteiger charge is 2.20. The predicted octanol–water partition coefficient (Wildman–Crippen LogP) is 0.691. The Labute approximate surface area is 95.8 Å². The molecule has 17 heavy (non-hydrogen) atoms. The first-order valence-electron chi connectivity index (χ1n) is 4.61. The number of nitrogens with one attached hydrogen (secondary N) is 1. The second kappa shape index (κ2) is 4.06. The number of hydrogen-bond acceptors (Lipinski definition) is 3. The summed E-state index contributed by atoms with van der Waals surface area (Å²) in [7, 11) is 0. The smallest absolute Gasteiger partial charge is 0.271 e. The number of terminal acetylenes is 1. The number of rotatable bonds is 2. The zero-order valence-corrected chi connectivity index (χ0v) is 8.57. The molecule has 84 valence electrons. The quantitative estimate of drug-likeness (QED) is 0.744. The van der Waals surface area contributed by atoms with E-state index in [1.807, 2.05) is 0 Å². The Morgan fingerprint density at radius 3 is 2.88 bits per heavy atom. The van der Waals surface area contributed by atoms with Crippen molar-refractivity contribution in [3.63, 3.8) is 0 Å². The molecule has 0 aliphatic heterocycles. The summed E-state index contributed by atoms with van der Waals surface area (Å²) in [5, 5.41) is 9.49. The highest BCUT2D eigenvalue weighted by molar-refractivity contribution is 5.97. The molecule has 0 bridgehead atoms. The summed E-state index contributed by atoms with van der Waals surface area (Å²) in [6.07, 6.45) is 5.26. The predicted molar refractivity (Wildman–Crippen MR) is 58.2 cm³/mol. The molecule has 0 aliphatic rings. The van der Waals surface area contributed by atoms with E-state index in [2.05, 4.69) is 21.3 Å². The molecular formula is C11H7FN4O. The zero-order valence-electron chi connectivity index (χ0n) is 8.57. The Kier molecular flexibility index (Phi) is 2.58. The summed E-state index contributed by atoms with van der Waals surface area (Å²) in [6.45, 7) is 0. The van der Waals surface area contributed by atoms with Crippen molar-refractivity contribution in [1.82, 2.24) is 15.4 Å². The highest BCUT2D eigenvalue weighted by atomic mass is 19.1. The Hall–Kier alpha value is -2.68. The first kappa shape index (κ1) is 10.8. The van der Waals surface area contributed by atoms with Crippen molar-refractivity contribution < 1.29 is 9.18 Å². The number of nitrogens with two attached hydrogens (primary N) is 1. The molecule has 2 rings (SSSR count). The minimum atomic E-state index is -0.806. The minimum Gasteiger partial charge on any atom is -0.364 e. The van der Waals surface area contributed by atoms with Crippen molar-refractivity contribution in [2.75, 3.05) is 0 Å². The summed E-state index contributed by atoms with van der Waals surface area (Å²) < 4.78 is 13.7. The average Bonchev–Trinajstić information content (AvgIpc) is 2.77. The monoisotopic (exact) mass is 230 g/mol. The van der Waals surface area contributed by atoms with Gasteiger partial charge in [-0.1, -0.05) is 12.0 Å². The van der Waals surface area contributed by atoms with E-state index in [1.54, 1.807) is 0 Å². The third-order valence-electron chi connectivity index (χ3n) is 2.19. The van der Waals surface area contributed by atoms with Crippen LogP contribution in [0.3, 0.4) is 0 Å². The van der Waals surface area contributed by atoms with Crippen LogP contribution in [0.1, 0.15) is 16.1 Å². The van der Waals surface area contributed by atoms with Gasteiger partial charge in [0.1, 0.15) is 11.5 Å². The van der Waals surface area contributed by atoms with Gasteiger partial charge in [0.05, 0.1) is 5.56 Å². The maximum absolute atomic E-state index is 13.7. The third kappa shape index (κ3) is 1.74. The Balaban J connectivity index is 2.73. The second-order valence-corrected chi connectivity index (χ2v) is 3.19. The maximum Gasteiger partial charge on any atom is 0.271 e. The minimum absolute atomic E-state index is 0.0172. The SMILES string of the molecule is C#Cc1cccc(F)c1-c1n[nH]nc1C(N)=O. The fourth-order valence-electron chi connectivity index (χ4n) is 1.46. The van der Waals surface area contributed by atoms with Gasteiger partial charge in [0.2, 0.25) is 0 Å². The van der Waals surface area contributed by atoms with Gasteiger partial charge in [0.15, 0.2) is 5.69 Å². The lowest BCUT2D eigenvalue weighted by Gasteiger charge is -2.03. The van der Waals surface area contributed by atoms with Gasteiger partial charge in [0.25, 0.3) is 5.91 Å². The average molecular weight is 230 g/mol. The van der Waals surface area contributed by atoms with Gasteiger partial charge in [0, 0.05) is 5.56 Å². The molecule has 0 saturated carbocycles. The molecule has 2 aromatic rings. The lowest BCUT2D eigenvalue weighted by Crippen LogP contribution is -2.13. The fourth-order valence-corrected chi connectivity index (χ4v) is 1.46. The van der Waals surface area contributed by atoms with Crippen molar-refractivity contribution in [1.29, 1.82) is 0 Å². The van der Waals surface area contributed by atoms with E-state index >= 15 is 0 Å². The summed E-state index contributed by atoms with van der Waals surface area (Å²) in [4.78, 5) is 11.1. The first-order chi connectivity index (χ1) is 8.15. The molecule has 1 aromatic carbocycles. The number of hydrogen-bond donors (Lipinski definition) is 2. The van der Waals surface area contributed by atoms with Crippen molar-refractivity contribution in [3.05, 3.63) is 35.3 Å². The number of halogens is 1. The van der Waals surface area contributed by atoms with Crippen molar-refractivity contribution in [3.8, 4) is 23.6 Å². The number of benzene rings is 1. The Morgan fingerprint density at radius 1 is 1.47 bits per heavy atom. The molecule has 0 unspecified atom stereocenters. The van der Waals surface area contributed by atoms with Gasteiger partial charge in [-0.25, -0.2) is 4.39 Å². The van der Waals surface area contributed by atoms with E-state index in [0.717, 1.165) is 0 Å². The molecule has 0 fully saturated rings. The lowest BCUT2D eigenvalue weighted by atomic mass is 10.0. The van der Waals surface area contributed by atoms with Crippen LogP contribution in [0.5, 0.6) is 0 Å². The van der Waals surface area contributed by atoms with Crippen molar-refractivity contribution in [2.24, 2.45) is 5.73 Å². The largest absolute Gasteiger partial charge is 0.364 e. The molecule has 1 amide bonds. The zero-order chi connectivity index (χ0) is 12.4. The number of carbonyl (C=O) groups is 1. The van der Waals surface area contributed by atoms with E-state index in [0.29, 0.717) is 0 Å². The maximum atomic E-state index is 13.7. The molecule has 6 heteroatoms. The van der Waals surface area contributed by atoms with Crippen LogP contribution in [0.15, 0.2) is 18.2 Å². The van der Waals surface area contributed by atoms with Crippen molar-refractivity contribution in [2.45, 2.75) is 0 Å². The summed E-state index contributed by atoms with van der Waals surface area (Å²) in [5.41, 5.74) is 5.29. The van der Waals surface area contributed by atoms with Crippen LogP contribution in [0.2, 0.25) is 0 Å². The van der Waals surface area contributed by atoms with E-state index in [4.69, 9.17) is 12.2 Å². The van der Waals surface area contributed by atoms with Crippen LogP contribution < -0.4 is 5.73 Å². The van der Waals surface area contributed by atoms with Crippen LogP contribution in [0.25, 0.3) is 11.3 Å². The summed E-state index contributed by atoms with van der Waals surface area (Å²) in [6, 6.07) is 4.23. The topological polar surface area (TPSA) is 84.7 Å². The van der Waals surface area contributed by atoms with E-state index in [9.17, 15) is 9.18 Å². The number of primary amides is 1. The number of H-pyrrole nitrogens is 1. The van der Waals surface area contributed by atoms with Gasteiger partial charge in [-0.05, 0) is 12.1 Å². The molecule has 3 N–H and O–H groups in total. The fraction of sp³-hybridized carbons (Fsp3) is 0. The van der Waals surface area contributed by atoms with Crippen LogP contribution in [-0.4, -0.2) is 21.3 Å². The lowest BCUT2D eigenvalue weighted by molar-refractivity contribution is 0.0996. The standard InChI is InChI=1S/C11H7FN4O/c1-2-6-4-3-5-7(12)8(6)9-10(11(13)17)15-16-14-9/h1,3-5H,(H2,13,17)(H,14,15,16).